The lowest BCUT2D eigenvalue weighted by atomic mass is 9.93. The molecule has 0 radical (unpaired) electrons. The maximum absolute atomic E-state index is 13.8. The number of carbonyl (C=O) groups excluding carboxylic acids is 2. The molecule has 0 bridgehead atoms. The van der Waals surface area contributed by atoms with Crippen molar-refractivity contribution in [1.82, 2.24) is 15.1 Å². The van der Waals surface area contributed by atoms with Gasteiger partial charge in [-0.3, -0.25) is 19.2 Å². The summed E-state index contributed by atoms with van der Waals surface area (Å²) < 4.78 is 7.14. The van der Waals surface area contributed by atoms with Gasteiger partial charge in [0.05, 0.1) is 12.8 Å². The molecular formula is C26H30N4O3. The van der Waals surface area contributed by atoms with Gasteiger partial charge in [-0.15, -0.1) is 0 Å². The fraction of sp³-hybridized carbons (Fsp3) is 0.423. The molecule has 7 nitrogen and oxygen atoms in total. The number of hydrogen-bond acceptors (Lipinski definition) is 4. The van der Waals surface area contributed by atoms with Gasteiger partial charge in [0.25, 0.3) is 5.91 Å². The summed E-state index contributed by atoms with van der Waals surface area (Å²) in [6.07, 6.45) is 8.22. The predicted molar refractivity (Wildman–Crippen MR) is 126 cm³/mol. The zero-order valence-electron chi connectivity index (χ0n) is 19.2. The third-order valence-corrected chi connectivity index (χ3v) is 6.90. The lowest BCUT2D eigenvalue weighted by Crippen LogP contribution is -2.65. The van der Waals surface area contributed by atoms with E-state index >= 15 is 0 Å². The van der Waals surface area contributed by atoms with Gasteiger partial charge in [0, 0.05) is 17.8 Å². The second kappa shape index (κ2) is 8.54. The van der Waals surface area contributed by atoms with Crippen LogP contribution in [0.1, 0.15) is 61.5 Å². The van der Waals surface area contributed by atoms with Crippen molar-refractivity contribution in [1.29, 1.82) is 0 Å². The molecule has 1 aromatic carbocycles. The number of carbonyl (C=O) groups is 2. The lowest BCUT2D eigenvalue weighted by molar-refractivity contribution is -0.127. The average Bonchev–Trinajstić information content (AvgIpc) is 3.40. The normalized spacial score (nSPS) is 21.5. The van der Waals surface area contributed by atoms with Crippen molar-refractivity contribution in [3.05, 3.63) is 60.0 Å². The molecule has 0 spiro atoms. The van der Waals surface area contributed by atoms with Gasteiger partial charge in [0.1, 0.15) is 16.9 Å². The first-order valence-corrected chi connectivity index (χ1v) is 11.8. The second-order valence-corrected chi connectivity index (χ2v) is 9.46. The molecule has 1 N–H and O–H groups in total. The first-order chi connectivity index (χ1) is 16.0. The van der Waals surface area contributed by atoms with E-state index < -0.39 is 5.54 Å². The molecule has 172 valence electrons. The van der Waals surface area contributed by atoms with Crippen molar-refractivity contribution in [2.45, 2.75) is 70.5 Å². The van der Waals surface area contributed by atoms with Crippen LogP contribution in [0.25, 0.3) is 11.5 Å². The number of rotatable bonds is 4. The molecule has 1 unspecified atom stereocenters. The van der Waals surface area contributed by atoms with Crippen molar-refractivity contribution in [3.8, 4) is 11.5 Å². The van der Waals surface area contributed by atoms with E-state index in [9.17, 15) is 9.59 Å². The quantitative estimate of drug-likeness (QED) is 0.589. The zero-order chi connectivity index (χ0) is 23.0. The minimum Gasteiger partial charge on any atom is -0.463 e. The molecule has 1 aliphatic carbocycles. The van der Waals surface area contributed by atoms with Crippen LogP contribution in [0, 0.1) is 6.92 Å². The minimum absolute atomic E-state index is 0.135. The molecule has 1 atom stereocenters. The number of benzene rings is 1. The highest BCUT2D eigenvalue weighted by molar-refractivity contribution is 6.12. The Morgan fingerprint density at radius 2 is 1.85 bits per heavy atom. The highest BCUT2D eigenvalue weighted by atomic mass is 16.3. The summed E-state index contributed by atoms with van der Waals surface area (Å²) in [4.78, 5) is 29.2. The molecule has 2 aromatic heterocycles. The summed E-state index contributed by atoms with van der Waals surface area (Å²) in [5, 5.41) is 7.89. The van der Waals surface area contributed by atoms with Crippen LogP contribution < -0.4 is 10.2 Å². The topological polar surface area (TPSA) is 80.4 Å². The van der Waals surface area contributed by atoms with Crippen molar-refractivity contribution in [2.75, 3.05) is 4.90 Å². The number of furan rings is 1. The molecule has 7 heteroatoms. The van der Waals surface area contributed by atoms with Crippen LogP contribution >= 0.6 is 0 Å². The number of amides is 2. The zero-order valence-corrected chi connectivity index (χ0v) is 19.2. The Kier molecular flexibility index (Phi) is 5.56. The minimum atomic E-state index is -1.11. The SMILES string of the molecule is Cc1ccc(N2C(=O)c3cc(-c4ccco4)nn3CC2(C)C(=O)NC2CCCCCC2)cc1. The van der Waals surface area contributed by atoms with Crippen LogP contribution in [0.4, 0.5) is 5.69 Å². The van der Waals surface area contributed by atoms with E-state index in [2.05, 4.69) is 10.4 Å². The van der Waals surface area contributed by atoms with Crippen LogP contribution in [0.5, 0.6) is 0 Å². The highest BCUT2D eigenvalue weighted by Gasteiger charge is 2.49. The number of anilines is 1. The monoisotopic (exact) mass is 446 g/mol. The standard InChI is InChI=1S/C26H30N4O3/c1-18-11-13-20(14-12-18)30-24(31)22-16-21(23-10-7-15-33-23)28-29(22)17-26(30,2)25(32)27-19-8-5-3-4-6-9-19/h7,10-16,19H,3-6,8-9,17H2,1-2H3,(H,27,32). The molecule has 3 heterocycles. The van der Waals surface area contributed by atoms with E-state index in [1.54, 1.807) is 28.0 Å². The van der Waals surface area contributed by atoms with Crippen LogP contribution in [0.2, 0.25) is 0 Å². The Hall–Kier alpha value is -3.35. The molecule has 1 saturated carbocycles. The number of aromatic nitrogens is 2. The molecule has 2 amide bonds. The summed E-state index contributed by atoms with van der Waals surface area (Å²) >= 11 is 0. The number of nitrogens with zero attached hydrogens (tertiary/aromatic N) is 3. The molecule has 33 heavy (non-hydrogen) atoms. The fourth-order valence-corrected chi connectivity index (χ4v) is 4.99. The fourth-order valence-electron chi connectivity index (χ4n) is 4.99. The van der Waals surface area contributed by atoms with Crippen LogP contribution in [0.3, 0.4) is 0 Å². The molecule has 0 saturated heterocycles. The third-order valence-electron chi connectivity index (χ3n) is 6.90. The Morgan fingerprint density at radius 1 is 1.12 bits per heavy atom. The van der Waals surface area contributed by atoms with Gasteiger partial charge < -0.3 is 9.73 Å². The van der Waals surface area contributed by atoms with Gasteiger partial charge >= 0.3 is 0 Å². The largest absolute Gasteiger partial charge is 0.463 e. The molecule has 3 aromatic rings. The van der Waals surface area contributed by atoms with Gasteiger partial charge in [-0.2, -0.15) is 5.10 Å². The summed E-state index contributed by atoms with van der Waals surface area (Å²) in [6, 6.07) is 13.2. The van der Waals surface area contributed by atoms with Crippen LogP contribution in [0.15, 0.2) is 53.1 Å². The first-order valence-electron chi connectivity index (χ1n) is 11.8. The van der Waals surface area contributed by atoms with Gasteiger partial charge in [0.2, 0.25) is 5.91 Å². The Labute approximate surface area is 193 Å². The van der Waals surface area contributed by atoms with Gasteiger partial charge in [0.15, 0.2) is 5.76 Å². The van der Waals surface area contributed by atoms with Gasteiger partial charge in [-0.1, -0.05) is 43.4 Å². The van der Waals surface area contributed by atoms with Crippen LogP contribution in [-0.2, 0) is 11.3 Å². The number of hydrogen-bond donors (Lipinski definition) is 1. The first kappa shape index (κ1) is 21.5. The van der Waals surface area contributed by atoms with E-state index in [0.29, 0.717) is 22.8 Å². The molecular weight excluding hydrogens is 416 g/mol. The van der Waals surface area contributed by atoms with E-state index in [1.165, 1.54) is 12.8 Å². The summed E-state index contributed by atoms with van der Waals surface area (Å²) in [6.45, 7) is 4.11. The van der Waals surface area contributed by atoms with Gasteiger partial charge in [-0.25, -0.2) is 0 Å². The summed E-state index contributed by atoms with van der Waals surface area (Å²) in [5.41, 5.74) is 1.72. The molecule has 1 aliphatic heterocycles. The Morgan fingerprint density at radius 3 is 2.52 bits per heavy atom. The smallest absolute Gasteiger partial charge is 0.277 e. The number of fused-ring (bicyclic) bond motifs is 1. The van der Waals surface area contributed by atoms with Crippen molar-refractivity contribution < 1.29 is 14.0 Å². The number of nitrogens with one attached hydrogen (secondary N) is 1. The Balaban J connectivity index is 1.54. The summed E-state index contributed by atoms with van der Waals surface area (Å²) in [7, 11) is 0. The molecule has 1 fully saturated rings. The van der Waals surface area contributed by atoms with Crippen molar-refractivity contribution in [2.24, 2.45) is 0 Å². The van der Waals surface area contributed by atoms with Crippen molar-refractivity contribution in [3.63, 3.8) is 0 Å². The molecule has 5 rings (SSSR count). The van der Waals surface area contributed by atoms with Crippen LogP contribution in [-0.4, -0.2) is 33.2 Å². The van der Waals surface area contributed by atoms with E-state index in [0.717, 1.165) is 31.2 Å². The predicted octanol–water partition coefficient (Wildman–Crippen LogP) is 4.71. The summed E-state index contributed by atoms with van der Waals surface area (Å²) in [5.74, 6) is 0.217. The molecule has 2 aliphatic rings. The van der Waals surface area contributed by atoms with Crippen molar-refractivity contribution >= 4 is 17.5 Å². The van der Waals surface area contributed by atoms with E-state index in [1.807, 2.05) is 44.2 Å². The van der Waals surface area contributed by atoms with Gasteiger partial charge in [-0.05, 0) is 51.0 Å². The number of aryl methyl sites for hydroxylation is 1. The highest BCUT2D eigenvalue weighted by Crippen LogP contribution is 2.34. The Bertz CT molecular complexity index is 1140. The average molecular weight is 447 g/mol. The van der Waals surface area contributed by atoms with E-state index in [-0.39, 0.29) is 24.4 Å². The van der Waals surface area contributed by atoms with E-state index in [4.69, 9.17) is 4.42 Å². The maximum atomic E-state index is 13.8. The maximum Gasteiger partial charge on any atom is 0.277 e. The second-order valence-electron chi connectivity index (χ2n) is 9.46. The lowest BCUT2D eigenvalue weighted by Gasteiger charge is -2.43. The third kappa shape index (κ3) is 3.96.